The molecule has 0 radical (unpaired) electrons. The molecule has 0 atom stereocenters. The van der Waals surface area contributed by atoms with Crippen molar-refractivity contribution >= 4 is 31.4 Å². The third kappa shape index (κ3) is 3.28. The van der Waals surface area contributed by atoms with Crippen LogP contribution in [0.1, 0.15) is 17.5 Å². The van der Waals surface area contributed by atoms with E-state index in [0.717, 1.165) is 6.08 Å². The van der Waals surface area contributed by atoms with Crippen molar-refractivity contribution in [2.45, 2.75) is 6.42 Å². The van der Waals surface area contributed by atoms with Crippen molar-refractivity contribution in [3.8, 4) is 5.75 Å². The summed E-state index contributed by atoms with van der Waals surface area (Å²) in [6.45, 7) is 0. The van der Waals surface area contributed by atoms with E-state index in [0.29, 0.717) is 0 Å². The van der Waals surface area contributed by atoms with E-state index in [1.807, 2.05) is 0 Å². The number of benzene rings is 1. The molecule has 2 rings (SSSR count). The van der Waals surface area contributed by atoms with Crippen LogP contribution in [0.25, 0.3) is 6.08 Å². The van der Waals surface area contributed by atoms with Crippen molar-refractivity contribution in [3.63, 3.8) is 0 Å². The van der Waals surface area contributed by atoms with E-state index in [9.17, 15) is 26.5 Å². The van der Waals surface area contributed by atoms with Gasteiger partial charge in [-0.2, -0.15) is 8.42 Å². The summed E-state index contributed by atoms with van der Waals surface area (Å²) in [5.41, 5.74) is 0.230. The first kappa shape index (κ1) is 16.4. The Hall–Kier alpha value is -0.640. The van der Waals surface area contributed by atoms with Crippen LogP contribution in [-0.4, -0.2) is 31.4 Å². The summed E-state index contributed by atoms with van der Waals surface area (Å²) in [4.78, 5) is -0.798. The van der Waals surface area contributed by atoms with Gasteiger partial charge in [-0.3, -0.25) is 0 Å². The van der Waals surface area contributed by atoms with Gasteiger partial charge >= 0.3 is 29.6 Å². The number of aromatic hydroxyl groups is 1. The molecule has 0 bridgehead atoms. The van der Waals surface area contributed by atoms with Crippen LogP contribution in [0.15, 0.2) is 23.1 Å². The third-order valence-corrected chi connectivity index (χ3v) is 4.22. The average Bonchev–Trinajstić information content (AvgIpc) is 2.27. The van der Waals surface area contributed by atoms with Crippen molar-refractivity contribution in [1.82, 2.24) is 0 Å². The Morgan fingerprint density at radius 2 is 1.89 bits per heavy atom. The Morgan fingerprint density at radius 3 is 2.42 bits per heavy atom. The van der Waals surface area contributed by atoms with Gasteiger partial charge in [0.2, 0.25) is 10.3 Å². The fraction of sp³-hybridized carbons (Fsp3) is 0.100. The van der Waals surface area contributed by atoms with Crippen LogP contribution >= 0.6 is 0 Å². The van der Waals surface area contributed by atoms with Gasteiger partial charge in [-0.15, -0.1) is 0 Å². The van der Waals surface area contributed by atoms with Gasteiger partial charge in [-0.25, -0.2) is 8.42 Å². The first-order valence-corrected chi connectivity index (χ1v) is 7.23. The van der Waals surface area contributed by atoms with Crippen molar-refractivity contribution in [2.24, 2.45) is 0 Å². The number of phenolic OH excluding ortho intramolecular Hbond substituents is 1. The van der Waals surface area contributed by atoms with Crippen molar-refractivity contribution in [2.75, 3.05) is 0 Å². The zero-order valence-electron chi connectivity index (χ0n) is 9.82. The number of allylic oxidation sites excluding steroid dienone is 1. The molecule has 1 aromatic carbocycles. The molecule has 0 aliphatic heterocycles. The average molecular weight is 310 g/mol. The van der Waals surface area contributed by atoms with Gasteiger partial charge in [0.05, 0.1) is 4.86 Å². The van der Waals surface area contributed by atoms with Gasteiger partial charge in [-0.05, 0) is 12.1 Å². The first-order chi connectivity index (χ1) is 8.30. The SMILES string of the molecule is O=S(=O)=C1CC(S(=O)(=O)[O-])=Cc2c(O)cccc21.[Na+]. The molecule has 1 aromatic rings. The molecule has 0 heterocycles. The second-order valence-electron chi connectivity index (χ2n) is 3.64. The van der Waals surface area contributed by atoms with Gasteiger partial charge in [-0.1, -0.05) is 12.1 Å². The standard InChI is InChI=1S/C10H8O6S2.Na/c11-9-3-1-2-7-8(9)4-6(18(14,15)16)5-10(7)17(12)13;/h1-4,11H,5H2,(H,14,15,16);/q;+1/p-1. The molecule has 1 aliphatic carbocycles. The summed E-state index contributed by atoms with van der Waals surface area (Å²) in [6.07, 6.45) is 0.516. The largest absolute Gasteiger partial charge is 1.00 e. The minimum Gasteiger partial charge on any atom is -0.744 e. The van der Waals surface area contributed by atoms with Crippen molar-refractivity contribution in [3.05, 3.63) is 34.2 Å². The summed E-state index contributed by atoms with van der Waals surface area (Å²) in [5, 5.41) is 9.58. The molecule has 19 heavy (non-hydrogen) atoms. The van der Waals surface area contributed by atoms with Crippen LogP contribution in [0, 0.1) is 0 Å². The van der Waals surface area contributed by atoms with Crippen LogP contribution in [0.2, 0.25) is 0 Å². The quantitative estimate of drug-likeness (QED) is 0.338. The number of hydrogen-bond donors (Lipinski definition) is 1. The minimum atomic E-state index is -4.75. The zero-order valence-corrected chi connectivity index (χ0v) is 13.5. The number of rotatable bonds is 1. The summed E-state index contributed by atoms with van der Waals surface area (Å²) >= 11 is 0. The molecule has 0 amide bonds. The molecule has 0 saturated heterocycles. The molecule has 0 unspecified atom stereocenters. The van der Waals surface area contributed by atoms with E-state index in [-0.39, 0.29) is 51.3 Å². The fourth-order valence-corrected chi connectivity index (χ4v) is 3.03. The molecule has 0 saturated carbocycles. The van der Waals surface area contributed by atoms with Crippen molar-refractivity contribution in [1.29, 1.82) is 0 Å². The van der Waals surface area contributed by atoms with E-state index in [2.05, 4.69) is 0 Å². The number of hydrogen-bond acceptors (Lipinski definition) is 6. The Kier molecular flexibility index (Phi) is 4.99. The van der Waals surface area contributed by atoms with Crippen LogP contribution in [0.3, 0.4) is 0 Å². The van der Waals surface area contributed by atoms with Crippen LogP contribution in [-0.2, 0) is 20.4 Å². The number of phenols is 1. The molecule has 96 valence electrons. The van der Waals surface area contributed by atoms with Crippen LogP contribution in [0.4, 0.5) is 0 Å². The fourth-order valence-electron chi connectivity index (χ4n) is 1.72. The first-order valence-electron chi connectivity index (χ1n) is 4.74. The molecule has 1 N–H and O–H groups in total. The smallest absolute Gasteiger partial charge is 0.744 e. The van der Waals surface area contributed by atoms with E-state index in [1.165, 1.54) is 18.2 Å². The zero-order chi connectivity index (χ0) is 13.5. The molecule has 1 aliphatic rings. The molecular weight excluding hydrogens is 303 g/mol. The van der Waals surface area contributed by atoms with Gasteiger partial charge in [0.25, 0.3) is 0 Å². The maximum absolute atomic E-state index is 11.1. The Bertz CT molecular complexity index is 781. The third-order valence-electron chi connectivity index (χ3n) is 2.55. The van der Waals surface area contributed by atoms with E-state index < -0.39 is 31.7 Å². The van der Waals surface area contributed by atoms with Crippen LogP contribution in [0.5, 0.6) is 5.75 Å². The Balaban J connectivity index is 0.00000180. The molecular formula is C10H7NaO6S2. The van der Waals surface area contributed by atoms with E-state index in [1.54, 1.807) is 0 Å². The minimum absolute atomic E-state index is 0. The maximum Gasteiger partial charge on any atom is 1.00 e. The van der Waals surface area contributed by atoms with E-state index >= 15 is 0 Å². The van der Waals surface area contributed by atoms with Crippen molar-refractivity contribution < 1.29 is 56.1 Å². The second-order valence-corrected chi connectivity index (χ2v) is 6.03. The predicted molar refractivity (Wildman–Crippen MR) is 63.4 cm³/mol. The molecule has 6 nitrogen and oxygen atoms in total. The summed E-state index contributed by atoms with van der Waals surface area (Å²) in [5.74, 6) is -0.281. The summed E-state index contributed by atoms with van der Waals surface area (Å²) in [7, 11) is -7.41. The molecule has 9 heteroatoms. The predicted octanol–water partition coefficient (Wildman–Crippen LogP) is -2.91. The Labute approximate surface area is 133 Å². The normalized spacial score (nSPS) is 14.2. The Morgan fingerprint density at radius 1 is 1.26 bits per heavy atom. The summed E-state index contributed by atoms with van der Waals surface area (Å²) in [6, 6.07) is 4.15. The maximum atomic E-state index is 11.1. The van der Waals surface area contributed by atoms with Gasteiger partial charge in [0.15, 0.2) is 0 Å². The van der Waals surface area contributed by atoms with E-state index in [4.69, 9.17) is 0 Å². The molecule has 0 fully saturated rings. The topological polar surface area (TPSA) is 112 Å². The second kappa shape index (κ2) is 5.78. The molecule has 0 spiro atoms. The number of fused-ring (bicyclic) bond motifs is 1. The van der Waals surface area contributed by atoms with Gasteiger partial charge in [0, 0.05) is 22.5 Å². The summed E-state index contributed by atoms with van der Waals surface area (Å²) < 4.78 is 55.0. The monoisotopic (exact) mass is 310 g/mol. The van der Waals surface area contributed by atoms with Gasteiger partial charge in [0.1, 0.15) is 15.9 Å². The molecule has 0 aromatic heterocycles. The van der Waals surface area contributed by atoms with Gasteiger partial charge < -0.3 is 9.66 Å². The van der Waals surface area contributed by atoms with Crippen LogP contribution < -0.4 is 29.6 Å².